The van der Waals surface area contributed by atoms with E-state index in [1.54, 1.807) is 0 Å². The molecular weight excluding hydrogens is 325 g/mol. The molecule has 0 saturated carbocycles. The fourth-order valence-electron chi connectivity index (χ4n) is 1.72. The highest BCUT2D eigenvalue weighted by Crippen LogP contribution is 2.22. The van der Waals surface area contributed by atoms with E-state index in [4.69, 9.17) is 5.26 Å². The van der Waals surface area contributed by atoms with Crippen LogP contribution in [0, 0.1) is 33.7 Å². The zero-order chi connectivity index (χ0) is 13.0. The first-order valence-electron chi connectivity index (χ1n) is 5.66. The molecule has 0 aliphatic heterocycles. The average molecular weight is 341 g/mol. The van der Waals surface area contributed by atoms with Crippen molar-refractivity contribution in [1.29, 1.82) is 5.26 Å². The fourth-order valence-corrected chi connectivity index (χ4v) is 2.34. The summed E-state index contributed by atoms with van der Waals surface area (Å²) in [5.74, 6) is -0.217. The van der Waals surface area contributed by atoms with Gasteiger partial charge in [0.2, 0.25) is 0 Å². The van der Waals surface area contributed by atoms with Crippen LogP contribution in [0.2, 0.25) is 0 Å². The first-order chi connectivity index (χ1) is 7.97. The van der Waals surface area contributed by atoms with Crippen LogP contribution >= 0.6 is 22.6 Å². The molecule has 0 saturated heterocycles. The number of aryl methyl sites for hydroxylation is 1. The maximum Gasteiger partial charge on any atom is 0.181 e. The van der Waals surface area contributed by atoms with Gasteiger partial charge in [0.15, 0.2) is 5.78 Å². The van der Waals surface area contributed by atoms with Gasteiger partial charge in [-0.3, -0.25) is 4.79 Å². The van der Waals surface area contributed by atoms with E-state index < -0.39 is 5.92 Å². The van der Waals surface area contributed by atoms with Crippen LogP contribution in [0.15, 0.2) is 18.2 Å². The molecule has 17 heavy (non-hydrogen) atoms. The van der Waals surface area contributed by atoms with Crippen molar-refractivity contribution in [2.24, 2.45) is 11.8 Å². The Morgan fingerprint density at radius 3 is 2.65 bits per heavy atom. The molecule has 1 atom stereocenters. The van der Waals surface area contributed by atoms with Gasteiger partial charge in [-0.25, -0.2) is 0 Å². The number of halogens is 1. The van der Waals surface area contributed by atoms with E-state index in [9.17, 15) is 4.79 Å². The summed E-state index contributed by atoms with van der Waals surface area (Å²) in [6, 6.07) is 7.78. The number of nitriles is 1. The third-order valence-electron chi connectivity index (χ3n) is 2.64. The van der Waals surface area contributed by atoms with E-state index in [2.05, 4.69) is 28.7 Å². The Bertz CT molecular complexity index is 460. The van der Waals surface area contributed by atoms with Gasteiger partial charge in [0.25, 0.3) is 0 Å². The minimum Gasteiger partial charge on any atom is -0.293 e. The van der Waals surface area contributed by atoms with Gasteiger partial charge < -0.3 is 0 Å². The average Bonchev–Trinajstić information content (AvgIpc) is 2.28. The summed E-state index contributed by atoms with van der Waals surface area (Å²) in [5, 5.41) is 9.09. The lowest BCUT2D eigenvalue weighted by molar-refractivity contribution is 0.0936. The molecule has 0 radical (unpaired) electrons. The normalized spacial score (nSPS) is 12.2. The van der Waals surface area contributed by atoms with Crippen molar-refractivity contribution in [2.75, 3.05) is 0 Å². The smallest absolute Gasteiger partial charge is 0.181 e. The zero-order valence-corrected chi connectivity index (χ0v) is 12.5. The van der Waals surface area contributed by atoms with Gasteiger partial charge in [0.1, 0.15) is 5.92 Å². The molecule has 0 heterocycles. The number of ketones is 1. The van der Waals surface area contributed by atoms with Gasteiger partial charge in [0.05, 0.1) is 6.07 Å². The van der Waals surface area contributed by atoms with Gasteiger partial charge in [-0.05, 0) is 47.4 Å². The maximum atomic E-state index is 12.3. The van der Waals surface area contributed by atoms with Crippen LogP contribution in [0.3, 0.4) is 0 Å². The number of hydrogen-bond acceptors (Lipinski definition) is 2. The summed E-state index contributed by atoms with van der Waals surface area (Å²) in [6.45, 7) is 6.03. The highest BCUT2D eigenvalue weighted by Gasteiger charge is 2.22. The number of benzene rings is 1. The highest BCUT2D eigenvalue weighted by molar-refractivity contribution is 14.1. The summed E-state index contributed by atoms with van der Waals surface area (Å²) in [5.41, 5.74) is 1.76. The lowest BCUT2D eigenvalue weighted by Crippen LogP contribution is -2.16. The Balaban J connectivity index is 3.03. The first-order valence-corrected chi connectivity index (χ1v) is 6.74. The van der Waals surface area contributed by atoms with Crippen molar-refractivity contribution in [3.05, 3.63) is 32.9 Å². The summed E-state index contributed by atoms with van der Waals surface area (Å²) in [7, 11) is 0. The van der Waals surface area contributed by atoms with Crippen LogP contribution in [0.25, 0.3) is 0 Å². The lowest BCUT2D eigenvalue weighted by Gasteiger charge is -2.12. The Kier molecular flexibility index (Phi) is 5.13. The van der Waals surface area contributed by atoms with Crippen molar-refractivity contribution < 1.29 is 4.79 Å². The van der Waals surface area contributed by atoms with Gasteiger partial charge in [0, 0.05) is 9.13 Å². The van der Waals surface area contributed by atoms with E-state index in [0.717, 1.165) is 9.13 Å². The molecule has 0 aliphatic carbocycles. The van der Waals surface area contributed by atoms with Crippen molar-refractivity contribution in [2.45, 2.75) is 27.2 Å². The molecule has 1 rings (SSSR count). The Hall–Kier alpha value is -0.890. The predicted molar refractivity (Wildman–Crippen MR) is 76.8 cm³/mol. The number of carbonyl (C=O) groups is 1. The number of nitrogens with zero attached hydrogens (tertiary/aromatic N) is 1. The van der Waals surface area contributed by atoms with Gasteiger partial charge in [-0.2, -0.15) is 5.26 Å². The van der Waals surface area contributed by atoms with E-state index in [-0.39, 0.29) is 5.78 Å². The topological polar surface area (TPSA) is 40.9 Å². The van der Waals surface area contributed by atoms with Gasteiger partial charge in [-0.15, -0.1) is 0 Å². The molecule has 1 aromatic rings. The van der Waals surface area contributed by atoms with Crippen LogP contribution in [0.4, 0.5) is 0 Å². The minimum absolute atomic E-state index is 0.0469. The lowest BCUT2D eigenvalue weighted by atomic mass is 9.90. The number of Topliss-reactive ketones (excluding diaryl/α,β-unsaturated/α-hetero) is 1. The molecule has 1 aromatic carbocycles. The third-order valence-corrected chi connectivity index (χ3v) is 4.07. The summed E-state index contributed by atoms with van der Waals surface area (Å²) in [6.07, 6.45) is 0.624. The van der Waals surface area contributed by atoms with Gasteiger partial charge in [-0.1, -0.05) is 32.0 Å². The quantitative estimate of drug-likeness (QED) is 0.614. The molecule has 0 amide bonds. The molecule has 0 spiro atoms. The largest absolute Gasteiger partial charge is 0.293 e. The second-order valence-electron chi connectivity index (χ2n) is 4.61. The highest BCUT2D eigenvalue weighted by atomic mass is 127. The van der Waals surface area contributed by atoms with Crippen LogP contribution in [0.5, 0.6) is 0 Å². The molecule has 0 N–H and O–H groups in total. The molecule has 0 aliphatic rings. The Morgan fingerprint density at radius 1 is 1.47 bits per heavy atom. The third kappa shape index (κ3) is 3.53. The SMILES string of the molecule is Cc1cccc(C(=O)C(C#N)CC(C)C)c1I. The number of carbonyl (C=O) groups excluding carboxylic acids is 1. The monoisotopic (exact) mass is 341 g/mol. The zero-order valence-electron chi connectivity index (χ0n) is 10.3. The minimum atomic E-state index is -0.523. The second kappa shape index (κ2) is 6.15. The fraction of sp³-hybridized carbons (Fsp3) is 0.429. The Labute approximate surface area is 116 Å². The van der Waals surface area contributed by atoms with Crippen LogP contribution in [0.1, 0.15) is 36.2 Å². The summed E-state index contributed by atoms with van der Waals surface area (Å²) < 4.78 is 0.958. The summed E-state index contributed by atoms with van der Waals surface area (Å²) >= 11 is 2.17. The van der Waals surface area contributed by atoms with Crippen molar-refractivity contribution in [3.63, 3.8) is 0 Å². The van der Waals surface area contributed by atoms with Crippen molar-refractivity contribution in [1.82, 2.24) is 0 Å². The van der Waals surface area contributed by atoms with Crippen molar-refractivity contribution >= 4 is 28.4 Å². The van der Waals surface area contributed by atoms with E-state index in [1.807, 2.05) is 39.0 Å². The molecule has 1 unspecified atom stereocenters. The number of rotatable bonds is 4. The van der Waals surface area contributed by atoms with Crippen LogP contribution in [-0.4, -0.2) is 5.78 Å². The second-order valence-corrected chi connectivity index (χ2v) is 5.69. The van der Waals surface area contributed by atoms with E-state index >= 15 is 0 Å². The Morgan fingerprint density at radius 2 is 2.12 bits per heavy atom. The first kappa shape index (κ1) is 14.2. The van der Waals surface area contributed by atoms with Crippen molar-refractivity contribution in [3.8, 4) is 6.07 Å². The van der Waals surface area contributed by atoms with Crippen LogP contribution < -0.4 is 0 Å². The summed E-state index contributed by atoms with van der Waals surface area (Å²) in [4.78, 5) is 12.3. The molecular formula is C14H16INO. The van der Waals surface area contributed by atoms with E-state index in [1.165, 1.54) is 0 Å². The molecule has 0 fully saturated rings. The maximum absolute atomic E-state index is 12.3. The molecule has 0 bridgehead atoms. The molecule has 90 valence electrons. The predicted octanol–water partition coefficient (Wildman–Crippen LogP) is 3.97. The molecule has 3 heteroatoms. The van der Waals surface area contributed by atoms with Gasteiger partial charge >= 0.3 is 0 Å². The van der Waals surface area contributed by atoms with E-state index in [0.29, 0.717) is 17.9 Å². The standard InChI is InChI=1S/C14H16INO/c1-9(2)7-11(8-16)14(17)12-6-4-5-10(3)13(12)15/h4-6,9,11H,7H2,1-3H3. The van der Waals surface area contributed by atoms with Crippen LogP contribution in [-0.2, 0) is 0 Å². The number of hydrogen-bond donors (Lipinski definition) is 0. The molecule has 0 aromatic heterocycles. The molecule has 2 nitrogen and oxygen atoms in total.